The fourth-order valence-electron chi connectivity index (χ4n) is 4.11. The molecular weight excluding hydrogens is 473 g/mol. The van der Waals surface area contributed by atoms with E-state index in [2.05, 4.69) is 4.90 Å². The summed E-state index contributed by atoms with van der Waals surface area (Å²) in [6.07, 6.45) is -3.65. The van der Waals surface area contributed by atoms with Crippen molar-refractivity contribution in [1.82, 2.24) is 13.5 Å². The van der Waals surface area contributed by atoms with Crippen molar-refractivity contribution >= 4 is 33.3 Å². The third kappa shape index (κ3) is 5.17. The molecule has 2 aromatic rings. The first kappa shape index (κ1) is 24.3. The highest BCUT2D eigenvalue weighted by molar-refractivity contribution is 7.99. The highest BCUT2D eigenvalue weighted by Gasteiger charge is 2.33. The molecule has 0 unspecified atom stereocenters. The van der Waals surface area contributed by atoms with Crippen LogP contribution in [-0.2, 0) is 16.4 Å². The molecule has 2 aliphatic rings. The Kier molecular flexibility index (Phi) is 6.97. The molecule has 180 valence electrons. The molecular formula is C22H27F3N4O2S2. The highest BCUT2D eigenvalue weighted by Crippen LogP contribution is 2.49. The van der Waals surface area contributed by atoms with Gasteiger partial charge in [-0.3, -0.25) is 0 Å². The molecule has 0 N–H and O–H groups in total. The van der Waals surface area contributed by atoms with Gasteiger partial charge in [0.05, 0.1) is 16.9 Å². The van der Waals surface area contributed by atoms with E-state index in [9.17, 15) is 21.6 Å². The Labute approximate surface area is 197 Å². The van der Waals surface area contributed by atoms with Crippen molar-refractivity contribution in [3.63, 3.8) is 0 Å². The van der Waals surface area contributed by atoms with Crippen LogP contribution in [0.4, 0.5) is 24.5 Å². The fraction of sp³-hybridized carbons (Fsp3) is 0.455. The quantitative estimate of drug-likeness (QED) is 0.597. The maximum atomic E-state index is 13.4. The van der Waals surface area contributed by atoms with Crippen LogP contribution in [0.2, 0.25) is 0 Å². The van der Waals surface area contributed by atoms with Crippen LogP contribution in [-0.4, -0.2) is 75.3 Å². The zero-order valence-corrected chi connectivity index (χ0v) is 20.2. The Balaban J connectivity index is 1.44. The van der Waals surface area contributed by atoms with Gasteiger partial charge in [-0.15, -0.1) is 0 Å². The molecule has 0 bridgehead atoms. The number of nitrogens with zero attached hydrogens (tertiary/aromatic N) is 4. The highest BCUT2D eigenvalue weighted by atomic mass is 32.2. The second-order valence-corrected chi connectivity index (χ2v) is 11.5. The number of anilines is 2. The van der Waals surface area contributed by atoms with Crippen molar-refractivity contribution in [2.45, 2.75) is 22.4 Å². The number of halogens is 3. The SMILES string of the molecule is CN(C)S(=O)(=O)N1CCN(CCCN2c3ccccc3Sc3ccc(C(F)(F)F)cc32)CC1. The molecule has 0 atom stereocenters. The molecule has 0 spiro atoms. The topological polar surface area (TPSA) is 47.1 Å². The van der Waals surface area contributed by atoms with Crippen molar-refractivity contribution in [2.24, 2.45) is 0 Å². The third-order valence-corrected chi connectivity index (χ3v) is 9.00. The zero-order chi connectivity index (χ0) is 23.8. The van der Waals surface area contributed by atoms with E-state index in [4.69, 9.17) is 0 Å². The van der Waals surface area contributed by atoms with Crippen LogP contribution in [0, 0.1) is 0 Å². The van der Waals surface area contributed by atoms with Crippen LogP contribution in [0.1, 0.15) is 12.0 Å². The standard InChI is InChI=1S/C22H27F3N4O2S2/c1-26(2)33(30,31)28-14-12-27(13-15-28)10-5-11-29-18-6-3-4-7-20(18)32-21-9-8-17(16-19(21)29)22(23,24)25/h3-4,6-9,16H,5,10-15H2,1-2H3. The van der Waals surface area contributed by atoms with E-state index >= 15 is 0 Å². The predicted molar refractivity (Wildman–Crippen MR) is 124 cm³/mol. The predicted octanol–water partition coefficient (Wildman–Crippen LogP) is 4.12. The Morgan fingerprint density at radius 1 is 0.939 bits per heavy atom. The molecule has 0 radical (unpaired) electrons. The molecule has 0 aliphatic carbocycles. The minimum absolute atomic E-state index is 0.432. The van der Waals surface area contributed by atoms with Crippen LogP contribution < -0.4 is 4.90 Å². The van der Waals surface area contributed by atoms with Crippen LogP contribution in [0.15, 0.2) is 52.3 Å². The van der Waals surface area contributed by atoms with Crippen molar-refractivity contribution in [1.29, 1.82) is 0 Å². The van der Waals surface area contributed by atoms with Gasteiger partial charge in [-0.05, 0) is 43.3 Å². The summed E-state index contributed by atoms with van der Waals surface area (Å²) in [5.74, 6) is 0. The number of fused-ring (bicyclic) bond motifs is 2. The second kappa shape index (κ2) is 9.46. The number of piperazine rings is 1. The second-order valence-electron chi connectivity index (χ2n) is 8.29. The van der Waals surface area contributed by atoms with E-state index in [0.717, 1.165) is 34.5 Å². The van der Waals surface area contributed by atoms with Gasteiger partial charge in [-0.1, -0.05) is 23.9 Å². The first-order valence-electron chi connectivity index (χ1n) is 10.7. The third-order valence-electron chi connectivity index (χ3n) is 5.93. The molecule has 2 aromatic carbocycles. The van der Waals surface area contributed by atoms with Gasteiger partial charge in [0.2, 0.25) is 0 Å². The smallest absolute Gasteiger partial charge is 0.340 e. The number of rotatable bonds is 6. The Morgan fingerprint density at radius 2 is 1.61 bits per heavy atom. The number of para-hydroxylation sites is 1. The maximum absolute atomic E-state index is 13.4. The minimum atomic E-state index is -4.39. The Bertz CT molecular complexity index is 1100. The monoisotopic (exact) mass is 500 g/mol. The van der Waals surface area contributed by atoms with Crippen molar-refractivity contribution in [3.8, 4) is 0 Å². The van der Waals surface area contributed by atoms with Gasteiger partial charge in [0, 0.05) is 56.6 Å². The molecule has 2 heterocycles. The first-order chi connectivity index (χ1) is 15.6. The fourth-order valence-corrected chi connectivity index (χ4v) is 6.28. The zero-order valence-electron chi connectivity index (χ0n) is 18.5. The van der Waals surface area contributed by atoms with Gasteiger partial charge >= 0.3 is 6.18 Å². The molecule has 0 saturated carbocycles. The summed E-state index contributed by atoms with van der Waals surface area (Å²) in [7, 11) is -0.354. The van der Waals surface area contributed by atoms with Gasteiger partial charge in [0.15, 0.2) is 0 Å². The largest absolute Gasteiger partial charge is 0.416 e. The summed E-state index contributed by atoms with van der Waals surface area (Å²) in [5.41, 5.74) is 0.844. The van der Waals surface area contributed by atoms with E-state index in [1.165, 1.54) is 40.5 Å². The average molecular weight is 501 g/mol. The van der Waals surface area contributed by atoms with Crippen LogP contribution in [0.25, 0.3) is 0 Å². The molecule has 0 amide bonds. The molecule has 11 heteroatoms. The molecule has 4 rings (SSSR count). The van der Waals surface area contributed by atoms with E-state index in [1.54, 1.807) is 6.07 Å². The van der Waals surface area contributed by atoms with Crippen LogP contribution in [0.5, 0.6) is 0 Å². The van der Waals surface area contributed by atoms with Gasteiger partial charge in [0.1, 0.15) is 0 Å². The van der Waals surface area contributed by atoms with E-state index < -0.39 is 21.9 Å². The number of hydrogen-bond donors (Lipinski definition) is 0. The Morgan fingerprint density at radius 3 is 2.27 bits per heavy atom. The molecule has 2 aliphatic heterocycles. The number of hydrogen-bond acceptors (Lipinski definition) is 5. The summed E-state index contributed by atoms with van der Waals surface area (Å²) in [6.45, 7) is 3.45. The number of alkyl halides is 3. The first-order valence-corrected chi connectivity index (χ1v) is 12.9. The lowest BCUT2D eigenvalue weighted by Gasteiger charge is -2.36. The van der Waals surface area contributed by atoms with Crippen molar-refractivity contribution in [3.05, 3.63) is 48.0 Å². The molecule has 1 fully saturated rings. The number of benzene rings is 2. The van der Waals surface area contributed by atoms with Gasteiger partial charge in [-0.2, -0.15) is 30.2 Å². The summed E-state index contributed by atoms with van der Waals surface area (Å²) < 4.78 is 67.4. The van der Waals surface area contributed by atoms with Gasteiger partial charge < -0.3 is 9.80 Å². The summed E-state index contributed by atoms with van der Waals surface area (Å²) >= 11 is 1.49. The van der Waals surface area contributed by atoms with Crippen LogP contribution >= 0.6 is 11.8 Å². The van der Waals surface area contributed by atoms with Gasteiger partial charge in [-0.25, -0.2) is 0 Å². The van der Waals surface area contributed by atoms with Gasteiger partial charge in [0.25, 0.3) is 10.2 Å². The summed E-state index contributed by atoms with van der Waals surface area (Å²) in [4.78, 5) is 6.01. The van der Waals surface area contributed by atoms with Crippen molar-refractivity contribution < 1.29 is 21.6 Å². The summed E-state index contributed by atoms with van der Waals surface area (Å²) in [6, 6.07) is 11.7. The Hall–Kier alpha value is -1.79. The lowest BCUT2D eigenvalue weighted by Crippen LogP contribution is -2.51. The lowest BCUT2D eigenvalue weighted by atomic mass is 10.1. The normalized spacial score (nSPS) is 17.8. The average Bonchev–Trinajstić information content (AvgIpc) is 2.78. The molecule has 1 saturated heterocycles. The molecule has 33 heavy (non-hydrogen) atoms. The van der Waals surface area contributed by atoms with E-state index in [0.29, 0.717) is 38.4 Å². The molecule has 6 nitrogen and oxygen atoms in total. The van der Waals surface area contributed by atoms with Crippen molar-refractivity contribution in [2.75, 3.05) is 58.3 Å². The molecule has 0 aromatic heterocycles. The van der Waals surface area contributed by atoms with Crippen LogP contribution in [0.3, 0.4) is 0 Å². The van der Waals surface area contributed by atoms with E-state index in [1.807, 2.05) is 29.2 Å². The lowest BCUT2D eigenvalue weighted by molar-refractivity contribution is -0.137. The van der Waals surface area contributed by atoms with E-state index in [-0.39, 0.29) is 0 Å². The minimum Gasteiger partial charge on any atom is -0.340 e. The summed E-state index contributed by atoms with van der Waals surface area (Å²) in [5, 5.41) is 0. The maximum Gasteiger partial charge on any atom is 0.416 e.